The Morgan fingerprint density at radius 3 is 2.65 bits per heavy atom. The van der Waals surface area contributed by atoms with Crippen LogP contribution in [0.25, 0.3) is 11.3 Å². The Morgan fingerprint density at radius 1 is 1.12 bits per heavy atom. The summed E-state index contributed by atoms with van der Waals surface area (Å²) < 4.78 is 17.7. The summed E-state index contributed by atoms with van der Waals surface area (Å²) in [6.07, 6.45) is 1.30. The molecule has 1 aliphatic rings. The van der Waals surface area contributed by atoms with Gasteiger partial charge in [-0.05, 0) is 30.7 Å². The van der Waals surface area contributed by atoms with Crippen molar-refractivity contribution in [3.63, 3.8) is 0 Å². The number of carbonyl (C=O) groups excluding carboxylic acids is 1. The van der Waals surface area contributed by atoms with E-state index >= 15 is 0 Å². The Bertz CT molecular complexity index is 772. The lowest BCUT2D eigenvalue weighted by molar-refractivity contribution is -0.132. The number of ether oxygens (including phenoxy) is 3. The van der Waals surface area contributed by atoms with Gasteiger partial charge in [0.05, 0.1) is 45.2 Å². The highest BCUT2D eigenvalue weighted by molar-refractivity contribution is 5.76. The summed E-state index contributed by atoms with van der Waals surface area (Å²) in [6.45, 7) is 2.57. The molecule has 140 valence electrons. The quantitative estimate of drug-likeness (QED) is 0.792. The number of amides is 1. The smallest absolute Gasteiger partial charge is 0.225 e. The maximum absolute atomic E-state index is 12.3. The van der Waals surface area contributed by atoms with E-state index in [4.69, 9.17) is 19.3 Å². The van der Waals surface area contributed by atoms with Gasteiger partial charge in [0.25, 0.3) is 0 Å². The van der Waals surface area contributed by atoms with E-state index in [2.05, 4.69) is 0 Å². The highest BCUT2D eigenvalue weighted by Crippen LogP contribution is 2.32. The number of nitrogens with zero attached hydrogens (tertiary/aromatic N) is 3. The minimum absolute atomic E-state index is 0.120. The van der Waals surface area contributed by atoms with Crippen molar-refractivity contribution in [3.05, 3.63) is 30.0 Å². The molecule has 0 fully saturated rings. The average molecular weight is 359 g/mol. The zero-order valence-corrected chi connectivity index (χ0v) is 15.5. The molecule has 7 heteroatoms. The molecular formula is C19H25N3O4. The number of hydrogen-bond acceptors (Lipinski definition) is 5. The van der Waals surface area contributed by atoms with Gasteiger partial charge in [-0.2, -0.15) is 5.10 Å². The third-order valence-electron chi connectivity index (χ3n) is 4.57. The second kappa shape index (κ2) is 8.23. The predicted octanol–water partition coefficient (Wildman–Crippen LogP) is 2.34. The van der Waals surface area contributed by atoms with Gasteiger partial charge in [0.15, 0.2) is 11.5 Å². The molecule has 3 rings (SSSR count). The first kappa shape index (κ1) is 18.3. The second-order valence-corrected chi connectivity index (χ2v) is 6.23. The van der Waals surface area contributed by atoms with E-state index in [1.54, 1.807) is 21.3 Å². The minimum Gasteiger partial charge on any atom is -0.493 e. The summed E-state index contributed by atoms with van der Waals surface area (Å²) in [5.41, 5.74) is 2.87. The first-order valence-corrected chi connectivity index (χ1v) is 8.72. The van der Waals surface area contributed by atoms with Gasteiger partial charge in [-0.15, -0.1) is 0 Å². The van der Waals surface area contributed by atoms with Gasteiger partial charge in [-0.3, -0.25) is 9.48 Å². The highest BCUT2D eigenvalue weighted by atomic mass is 16.5. The van der Waals surface area contributed by atoms with E-state index in [-0.39, 0.29) is 5.91 Å². The fraction of sp³-hybridized carbons (Fsp3) is 0.474. The van der Waals surface area contributed by atoms with E-state index in [1.165, 1.54) is 0 Å². The van der Waals surface area contributed by atoms with Crippen LogP contribution in [-0.4, -0.2) is 55.1 Å². The molecule has 2 heterocycles. The van der Waals surface area contributed by atoms with Gasteiger partial charge < -0.3 is 19.1 Å². The fourth-order valence-electron chi connectivity index (χ4n) is 3.16. The number of benzene rings is 1. The van der Waals surface area contributed by atoms with Crippen LogP contribution in [0.5, 0.6) is 11.5 Å². The van der Waals surface area contributed by atoms with Crippen molar-refractivity contribution in [2.75, 3.05) is 34.5 Å². The third-order valence-corrected chi connectivity index (χ3v) is 4.57. The molecule has 1 aromatic carbocycles. The molecule has 0 bridgehead atoms. The molecule has 0 atom stereocenters. The van der Waals surface area contributed by atoms with Crippen molar-refractivity contribution >= 4 is 5.91 Å². The molecule has 1 amide bonds. The van der Waals surface area contributed by atoms with Crippen LogP contribution in [0.15, 0.2) is 24.3 Å². The number of aromatic nitrogens is 2. The maximum Gasteiger partial charge on any atom is 0.225 e. The second-order valence-electron chi connectivity index (χ2n) is 6.23. The lowest BCUT2D eigenvalue weighted by atomic mass is 10.1. The lowest BCUT2D eigenvalue weighted by Crippen LogP contribution is -2.31. The predicted molar refractivity (Wildman–Crippen MR) is 97.3 cm³/mol. The summed E-state index contributed by atoms with van der Waals surface area (Å²) in [7, 11) is 4.85. The summed E-state index contributed by atoms with van der Waals surface area (Å²) in [6, 6.07) is 7.80. The summed E-state index contributed by atoms with van der Waals surface area (Å²) in [5, 5.41) is 4.73. The number of methoxy groups -OCH3 is 3. The Hall–Kier alpha value is -2.54. The number of carbonyl (C=O) groups is 1. The van der Waals surface area contributed by atoms with Crippen molar-refractivity contribution in [2.45, 2.75) is 25.9 Å². The first-order chi connectivity index (χ1) is 12.7. The van der Waals surface area contributed by atoms with Gasteiger partial charge >= 0.3 is 0 Å². The number of fused-ring (bicyclic) bond motifs is 1. The van der Waals surface area contributed by atoms with Crippen LogP contribution in [0.3, 0.4) is 0 Å². The van der Waals surface area contributed by atoms with Crippen molar-refractivity contribution in [2.24, 2.45) is 0 Å². The van der Waals surface area contributed by atoms with E-state index in [0.717, 1.165) is 36.5 Å². The van der Waals surface area contributed by atoms with Crippen molar-refractivity contribution < 1.29 is 19.0 Å². The molecule has 0 unspecified atom stereocenters. The normalized spacial score (nSPS) is 13.9. The largest absolute Gasteiger partial charge is 0.493 e. The molecule has 0 spiro atoms. The van der Waals surface area contributed by atoms with Gasteiger partial charge in [0.1, 0.15) is 0 Å². The molecule has 0 saturated carbocycles. The Labute approximate surface area is 153 Å². The molecule has 26 heavy (non-hydrogen) atoms. The Kier molecular flexibility index (Phi) is 5.78. The van der Waals surface area contributed by atoms with Gasteiger partial charge in [0.2, 0.25) is 5.91 Å². The average Bonchev–Trinajstić information content (AvgIpc) is 2.96. The van der Waals surface area contributed by atoms with Crippen molar-refractivity contribution in [1.29, 1.82) is 0 Å². The fourth-order valence-corrected chi connectivity index (χ4v) is 3.16. The maximum atomic E-state index is 12.3. The van der Waals surface area contributed by atoms with Crippen LogP contribution in [0.4, 0.5) is 0 Å². The summed E-state index contributed by atoms with van der Waals surface area (Å²) >= 11 is 0. The lowest BCUT2D eigenvalue weighted by Gasteiger charge is -2.19. The molecule has 7 nitrogen and oxygen atoms in total. The Morgan fingerprint density at radius 2 is 1.92 bits per heavy atom. The monoisotopic (exact) mass is 359 g/mol. The molecule has 2 aromatic rings. The van der Waals surface area contributed by atoms with Crippen LogP contribution < -0.4 is 9.47 Å². The van der Waals surface area contributed by atoms with Crippen LogP contribution in [0.1, 0.15) is 18.5 Å². The van der Waals surface area contributed by atoms with Crippen LogP contribution in [-0.2, 0) is 22.6 Å². The third kappa shape index (κ3) is 3.83. The molecule has 0 N–H and O–H groups in total. The topological polar surface area (TPSA) is 65.8 Å². The van der Waals surface area contributed by atoms with E-state index < -0.39 is 0 Å². The summed E-state index contributed by atoms with van der Waals surface area (Å²) in [5.74, 6) is 1.48. The first-order valence-electron chi connectivity index (χ1n) is 8.72. The molecule has 1 aliphatic heterocycles. The van der Waals surface area contributed by atoms with Gasteiger partial charge in [-0.1, -0.05) is 0 Å². The zero-order chi connectivity index (χ0) is 18.5. The van der Waals surface area contributed by atoms with E-state index in [1.807, 2.05) is 33.8 Å². The minimum atomic E-state index is 0.120. The van der Waals surface area contributed by atoms with Crippen molar-refractivity contribution in [3.8, 4) is 22.8 Å². The van der Waals surface area contributed by atoms with Crippen LogP contribution >= 0.6 is 0 Å². The van der Waals surface area contributed by atoms with E-state index in [9.17, 15) is 4.79 Å². The number of rotatable bonds is 6. The van der Waals surface area contributed by atoms with Crippen LogP contribution in [0.2, 0.25) is 0 Å². The number of hydrogen-bond donors (Lipinski definition) is 0. The van der Waals surface area contributed by atoms with Gasteiger partial charge in [-0.25, -0.2) is 0 Å². The molecule has 1 aromatic heterocycles. The standard InChI is InChI=1S/C19H25N3O4/c1-24-10-7-19(23)21-8-4-9-22-15(13-21)12-16(20-22)14-5-6-17(25-2)18(11-14)26-3/h5-6,11-12H,4,7-10,13H2,1-3H3. The zero-order valence-electron chi connectivity index (χ0n) is 15.5. The molecule has 0 saturated heterocycles. The molecule has 0 radical (unpaired) electrons. The van der Waals surface area contributed by atoms with Crippen LogP contribution in [0, 0.1) is 0 Å². The number of aryl methyl sites for hydroxylation is 1. The SMILES string of the molecule is COCCC(=O)N1CCCn2nc(-c3ccc(OC)c(OC)c3)cc2C1. The molecular weight excluding hydrogens is 334 g/mol. The summed E-state index contributed by atoms with van der Waals surface area (Å²) in [4.78, 5) is 14.2. The van der Waals surface area contributed by atoms with Crippen molar-refractivity contribution in [1.82, 2.24) is 14.7 Å². The highest BCUT2D eigenvalue weighted by Gasteiger charge is 2.21. The van der Waals surface area contributed by atoms with Gasteiger partial charge in [0, 0.05) is 25.8 Å². The Balaban J connectivity index is 1.83. The van der Waals surface area contributed by atoms with E-state index in [0.29, 0.717) is 31.1 Å². The molecule has 0 aliphatic carbocycles.